The zero-order valence-electron chi connectivity index (χ0n) is 53.3. The van der Waals surface area contributed by atoms with E-state index in [1.54, 1.807) is 11.8 Å². The predicted octanol–water partition coefficient (Wildman–Crippen LogP) is 23.4. The number of halogens is 7. The topological polar surface area (TPSA) is 234 Å². The molecule has 6 aliphatic carbocycles. The van der Waals surface area contributed by atoms with Crippen LogP contribution in [0.15, 0.2) is 47.4 Å². The van der Waals surface area contributed by atoms with E-state index < -0.39 is 0 Å². The van der Waals surface area contributed by atoms with E-state index >= 15 is 0 Å². The van der Waals surface area contributed by atoms with E-state index in [4.69, 9.17) is 157 Å². The van der Waals surface area contributed by atoms with Crippen LogP contribution in [-0.4, -0.2) is 139 Å². The molecule has 6 heterocycles. The van der Waals surface area contributed by atoms with Gasteiger partial charge < -0.3 is 69.5 Å². The van der Waals surface area contributed by atoms with Crippen molar-refractivity contribution in [1.82, 2.24) is 15.0 Å². The molecule has 0 amide bonds. The maximum Gasteiger partial charge on any atom is 0.0201 e. The van der Waals surface area contributed by atoms with Gasteiger partial charge in [-0.05, 0) is 36.4 Å². The van der Waals surface area contributed by atoms with E-state index in [0.29, 0.717) is 118 Å². The van der Waals surface area contributed by atoms with Crippen molar-refractivity contribution in [3.05, 3.63) is 145 Å². The molecule has 0 radical (unpaired) electrons. The molecule has 3 aromatic heterocycles. The summed E-state index contributed by atoms with van der Waals surface area (Å²) in [5.41, 5.74) is 11.9. The van der Waals surface area contributed by atoms with Crippen LogP contribution in [0.4, 0.5) is 0 Å². The second kappa shape index (κ2) is 48.7. The second-order valence-electron chi connectivity index (χ2n) is 25.0. The quantitative estimate of drug-likeness (QED) is 0.198. The molecule has 12 rings (SSSR count). The Hall–Kier alpha value is 0.868. The summed E-state index contributed by atoms with van der Waals surface area (Å²) in [7, 11) is 28.8. The van der Waals surface area contributed by atoms with Gasteiger partial charge in [-0.3, -0.25) is 15.0 Å². The molecular formula is C65H121Cl7Mn3N16S-12. The number of thioether (sulfide) groups is 1. The summed E-state index contributed by atoms with van der Waals surface area (Å²) < 4.78 is 0. The summed E-state index contributed by atoms with van der Waals surface area (Å²) in [6, 6.07) is 18.8. The molecule has 3 aliphatic heterocycles. The number of aromatic nitrogens is 3. The smallest absolute Gasteiger partial charge is 0.0201 e. The molecule has 92 heavy (non-hydrogen) atoms. The zero-order valence-corrected chi connectivity index (χ0v) is 63.0. The number of pyridine rings is 3. The number of nitrogens with zero attached hydrogens (tertiary/aromatic N) is 15. The van der Waals surface area contributed by atoms with Crippen molar-refractivity contribution in [1.29, 1.82) is 0 Å². The number of hydrogen-bond donors (Lipinski definition) is 1. The molecule has 27 heteroatoms. The van der Waals surface area contributed by atoms with Gasteiger partial charge in [0.05, 0.1) is 0 Å². The molecule has 9 aliphatic rings. The molecule has 549 valence electrons. The maximum atomic E-state index is 6.35. The first kappa shape index (κ1) is 80.2. The van der Waals surface area contributed by atoms with Gasteiger partial charge in [0.1, 0.15) is 0 Å². The van der Waals surface area contributed by atoms with Crippen LogP contribution in [0.3, 0.4) is 0 Å². The van der Waals surface area contributed by atoms with Crippen LogP contribution < -0.4 is 5.73 Å². The summed E-state index contributed by atoms with van der Waals surface area (Å²) >= 11 is 8.18. The fourth-order valence-electron chi connectivity index (χ4n) is 14.2. The van der Waals surface area contributed by atoms with Crippen molar-refractivity contribution in [3.8, 4) is 0 Å². The largest absolute Gasteiger partial charge is 0.662 e. The number of rotatable bonds is 3. The summed E-state index contributed by atoms with van der Waals surface area (Å²) in [6.45, 7) is 9.76. The van der Waals surface area contributed by atoms with Crippen LogP contribution in [0.1, 0.15) is 205 Å². The Bertz CT molecular complexity index is 2340. The van der Waals surface area contributed by atoms with E-state index in [1.807, 2.05) is 12.1 Å². The minimum Gasteiger partial charge on any atom is -0.662 e. The third kappa shape index (κ3) is 30.2. The molecule has 0 spiro atoms. The van der Waals surface area contributed by atoms with Gasteiger partial charge in [0.25, 0.3) is 0 Å². The Morgan fingerprint density at radius 3 is 0.793 bits per heavy atom. The molecule has 6 unspecified atom stereocenters. The molecular weight excluding hydrogens is 1450 g/mol. The van der Waals surface area contributed by atoms with E-state index in [1.165, 1.54) is 120 Å². The van der Waals surface area contributed by atoms with E-state index in [9.17, 15) is 0 Å². The monoisotopic (exact) mass is 1570 g/mol. The normalized spacial score (nSPS) is 30.1. The summed E-state index contributed by atoms with van der Waals surface area (Å²) in [5.74, 6) is 0.921. The molecule has 6 fully saturated rings. The summed E-state index contributed by atoms with van der Waals surface area (Å²) in [5, 5.41) is 60.8. The average molecular weight is 1570 g/mol. The maximum absolute atomic E-state index is 6.35. The Balaban J connectivity index is -0.000000310. The van der Waals surface area contributed by atoms with Crippen LogP contribution in [0.25, 0.3) is 63.8 Å². The molecule has 0 aromatic carbocycles. The Morgan fingerprint density at radius 1 is 0.348 bits per heavy atom. The van der Waals surface area contributed by atoms with Crippen molar-refractivity contribution in [3.63, 3.8) is 0 Å². The van der Waals surface area contributed by atoms with E-state index in [-0.39, 0.29) is 56.5 Å². The third-order valence-electron chi connectivity index (χ3n) is 18.6. The van der Waals surface area contributed by atoms with Gasteiger partial charge in [-0.15, -0.1) is 51.0 Å². The van der Waals surface area contributed by atoms with Gasteiger partial charge in [0.2, 0.25) is 0 Å². The van der Waals surface area contributed by atoms with Crippen LogP contribution in [0, 0.1) is 0 Å². The molecule has 6 saturated carbocycles. The second-order valence-corrected chi connectivity index (χ2v) is 32.4. The van der Waals surface area contributed by atoms with Crippen LogP contribution in [0.5, 0.6) is 0 Å². The first-order valence-electron chi connectivity index (χ1n) is 33.8. The fourth-order valence-corrected chi connectivity index (χ4v) is 15.3. The third-order valence-corrected chi connectivity index (χ3v) is 19.9. The van der Waals surface area contributed by atoms with Crippen molar-refractivity contribution >= 4 is 84.0 Å². The average Bonchev–Trinajstić information content (AvgIpc) is 1.91. The van der Waals surface area contributed by atoms with Crippen molar-refractivity contribution in [2.75, 3.05) is 51.6 Å². The van der Waals surface area contributed by atoms with Crippen LogP contribution >= 0.6 is 84.0 Å². The minimum atomic E-state index is 0. The SMILES string of the molecule is Clc1cc2nc(c1)C[N-][C@@H]1CCCC[C@H]1[N-]CC[N-]C1CCCCC1[N-]C2.NCCSc1cc2nc(c1)C[N-][C@@H]1CCCC[C@H]1[N-]CC[N-]C1CCCCC1[N-]C2.[Cl][Mn][Cl].[Cl][Mn][Cl].[Cl][Mn][Cl].[HH].[HH].[HH].[HH].[HH].[HH].[HH].[HH].[HH].[HH].[HH].[HH].c1cc2nc(c1)C[N-][C@@H]1CCCC[C@H]1[N-]CC[N-]C1CCCCC1[N-]C2. The Morgan fingerprint density at radius 2 is 0.554 bits per heavy atom. The van der Waals surface area contributed by atoms with Crippen molar-refractivity contribution in [2.45, 2.75) is 271 Å². The van der Waals surface area contributed by atoms with Crippen molar-refractivity contribution in [2.24, 2.45) is 5.73 Å². The molecule has 6 bridgehead atoms. The van der Waals surface area contributed by atoms with E-state index in [2.05, 4.69) is 30.3 Å². The van der Waals surface area contributed by atoms with Gasteiger partial charge in [-0.1, -0.05) is 172 Å². The Kier molecular flexibility index (Phi) is 42.4. The summed E-state index contributed by atoms with van der Waals surface area (Å²) in [6.07, 6.45) is 29.2. The first-order chi connectivity index (χ1) is 45.2. The van der Waals surface area contributed by atoms with Gasteiger partial charge in [0.15, 0.2) is 0 Å². The zero-order chi connectivity index (χ0) is 64.8. The standard InChI is InChI=1S/C23H36N6S.C21H30ClN5.C21H31N5.6ClH.3Mn.12H2/c24-9-12-30-19-13-17-15-27-22-7-3-1-5-20(22)25-10-11-26-21-6-2-4-8-23(21)28-16-18(14-19)29-17;22-15-11-16-13-25-20-7-3-1-5-18(20)23-9-10-24-19-6-2-4-8-21(19)26-14-17(12-15)27-16;1-3-10-20-18(8-1)22-12-13-23-19-9-2-4-11-21(19)25-15-17-7-5-6-16(26-17)14-24-20;;;;;;;;;;;;;;;;;;;;;/h13-14,20-23H,1-12,15-16,24H2;11-12,18-21H,1-10,13-14H2;5-7,18-21H,1-4,8-15H2;6*1H;;;;12*1H/q3*-4;;;;;;;3*+2;;;;;;;;;;;;/p-6/t20-,21?,22-,23?;2*18-,19?,20-,21?;;;;;;;;;;;;;;;;;;;;;/m111...................../s1. The predicted molar refractivity (Wildman–Crippen MR) is 406 cm³/mol. The molecule has 16 nitrogen and oxygen atoms in total. The molecule has 12 atom stereocenters. The first-order valence-corrected chi connectivity index (χ1v) is 44.9. The molecule has 3 aromatic rings. The molecule has 2 N–H and O–H groups in total. The Labute approximate surface area is 624 Å². The van der Waals surface area contributed by atoms with Gasteiger partial charge in [-0.2, -0.15) is 112 Å². The summed E-state index contributed by atoms with van der Waals surface area (Å²) in [4.78, 5) is 15.8. The molecule has 0 saturated heterocycles. The van der Waals surface area contributed by atoms with E-state index in [0.717, 1.165) is 123 Å². The van der Waals surface area contributed by atoms with Crippen molar-refractivity contribution < 1.29 is 56.5 Å². The van der Waals surface area contributed by atoms with Crippen LogP contribution in [-0.2, 0) is 78.7 Å². The van der Waals surface area contributed by atoms with Crippen LogP contribution in [0.2, 0.25) is 5.02 Å². The number of nitrogens with two attached hydrogens (primary N) is 1. The van der Waals surface area contributed by atoms with Gasteiger partial charge in [0, 0.05) is 73.5 Å². The fraction of sp³-hybridized carbons (Fsp3) is 0.769. The number of hydrogen-bond acceptors (Lipinski definition) is 5. The van der Waals surface area contributed by atoms with Gasteiger partial charge in [-0.25, -0.2) is 0 Å². The number of fused-ring (bicyclic) bond motifs is 12. The van der Waals surface area contributed by atoms with Gasteiger partial charge >= 0.3 is 100.0 Å². The minimum absolute atomic E-state index is 0.